The highest BCUT2D eigenvalue weighted by atomic mass is 79.9. The number of benzene rings is 1. The van der Waals surface area contributed by atoms with Crippen LogP contribution in [0.3, 0.4) is 0 Å². The summed E-state index contributed by atoms with van der Waals surface area (Å²) in [6, 6.07) is 7.51. The predicted octanol–water partition coefficient (Wildman–Crippen LogP) is 3.15. The van der Waals surface area contributed by atoms with E-state index in [0.717, 1.165) is 29.5 Å². The lowest BCUT2D eigenvalue weighted by Crippen LogP contribution is -2.28. The van der Waals surface area contributed by atoms with Gasteiger partial charge in [-0.25, -0.2) is 0 Å². The van der Waals surface area contributed by atoms with Crippen LogP contribution in [0.5, 0.6) is 0 Å². The summed E-state index contributed by atoms with van der Waals surface area (Å²) in [5, 5.41) is 0. The molecule has 0 radical (unpaired) electrons. The predicted molar refractivity (Wildman–Crippen MR) is 68.9 cm³/mol. The van der Waals surface area contributed by atoms with Gasteiger partial charge >= 0.3 is 0 Å². The van der Waals surface area contributed by atoms with E-state index in [9.17, 15) is 4.79 Å². The first-order chi connectivity index (χ1) is 7.70. The number of amides is 1. The number of carbonyl (C=O) groups excluding carboxylic acids is 1. The van der Waals surface area contributed by atoms with Gasteiger partial charge in [0, 0.05) is 29.0 Å². The first-order valence-electron chi connectivity index (χ1n) is 5.31. The molecule has 1 fully saturated rings. The quantitative estimate of drug-likeness (QED) is 0.769. The molecule has 86 valence electrons. The van der Waals surface area contributed by atoms with Crippen LogP contribution in [0.4, 0.5) is 0 Å². The topological polar surface area (TPSA) is 20.3 Å². The Morgan fingerprint density at radius 3 is 3.00 bits per heavy atom. The van der Waals surface area contributed by atoms with Crippen LogP contribution in [0.25, 0.3) is 0 Å². The molecule has 0 spiro atoms. The Labute approximate surface area is 109 Å². The van der Waals surface area contributed by atoms with Gasteiger partial charge in [0.05, 0.1) is 0 Å². The fraction of sp³-hybridized carbons (Fsp3) is 0.417. The molecule has 2 rings (SSSR count). The van der Waals surface area contributed by atoms with E-state index in [1.165, 1.54) is 0 Å². The Morgan fingerprint density at radius 1 is 1.56 bits per heavy atom. The molecule has 0 N–H and O–H groups in total. The zero-order valence-electron chi connectivity index (χ0n) is 8.83. The molecule has 0 bridgehead atoms. The van der Waals surface area contributed by atoms with Crippen molar-refractivity contribution in [1.82, 2.24) is 4.90 Å². The lowest BCUT2D eigenvalue weighted by molar-refractivity contribution is 0.0788. The number of carbonyl (C=O) groups is 1. The number of hydrogen-bond donors (Lipinski definition) is 0. The minimum atomic E-state index is 0.105. The van der Waals surface area contributed by atoms with Crippen LogP contribution in [0, 0.1) is 5.92 Å². The van der Waals surface area contributed by atoms with E-state index < -0.39 is 0 Å². The molecule has 1 atom stereocenters. The standard InChI is InChI=1S/C12H13BrClNO/c13-11-3-1-2-10(6-11)12(16)15-5-4-9(7-14)8-15/h1-3,6,9H,4-5,7-8H2. The highest BCUT2D eigenvalue weighted by Gasteiger charge is 2.26. The second-order valence-corrected chi connectivity index (χ2v) is 5.29. The highest BCUT2D eigenvalue weighted by Crippen LogP contribution is 2.21. The van der Waals surface area contributed by atoms with E-state index >= 15 is 0 Å². The fourth-order valence-corrected chi connectivity index (χ4v) is 2.60. The summed E-state index contributed by atoms with van der Waals surface area (Å²) in [6.07, 6.45) is 1.02. The van der Waals surface area contributed by atoms with Gasteiger partial charge in [-0.1, -0.05) is 22.0 Å². The molecule has 1 heterocycles. The maximum Gasteiger partial charge on any atom is 0.253 e. The van der Waals surface area contributed by atoms with Gasteiger partial charge < -0.3 is 4.90 Å². The molecule has 1 aliphatic heterocycles. The molecule has 1 aromatic carbocycles. The third-order valence-corrected chi connectivity index (χ3v) is 3.79. The van der Waals surface area contributed by atoms with E-state index in [0.29, 0.717) is 11.8 Å². The molecule has 1 aromatic rings. The van der Waals surface area contributed by atoms with Crippen LogP contribution in [0.2, 0.25) is 0 Å². The van der Waals surface area contributed by atoms with Gasteiger partial charge in [0.2, 0.25) is 0 Å². The van der Waals surface area contributed by atoms with E-state index in [1.54, 1.807) is 0 Å². The van der Waals surface area contributed by atoms with Crippen LogP contribution in [-0.2, 0) is 0 Å². The zero-order chi connectivity index (χ0) is 11.5. The first-order valence-corrected chi connectivity index (χ1v) is 6.64. The molecule has 4 heteroatoms. The monoisotopic (exact) mass is 301 g/mol. The van der Waals surface area contributed by atoms with Crippen molar-refractivity contribution in [1.29, 1.82) is 0 Å². The molecule has 1 unspecified atom stereocenters. The third kappa shape index (κ3) is 2.58. The van der Waals surface area contributed by atoms with Crippen molar-refractivity contribution in [2.45, 2.75) is 6.42 Å². The van der Waals surface area contributed by atoms with Gasteiger partial charge in [-0.2, -0.15) is 0 Å². The van der Waals surface area contributed by atoms with Crippen molar-refractivity contribution in [3.05, 3.63) is 34.3 Å². The minimum absolute atomic E-state index is 0.105. The molecule has 1 aliphatic rings. The summed E-state index contributed by atoms with van der Waals surface area (Å²) in [5.74, 6) is 1.20. The van der Waals surface area contributed by atoms with Crippen molar-refractivity contribution in [2.75, 3.05) is 19.0 Å². The third-order valence-electron chi connectivity index (χ3n) is 2.86. The van der Waals surface area contributed by atoms with E-state index in [1.807, 2.05) is 29.2 Å². The molecular weight excluding hydrogens is 289 g/mol. The second kappa shape index (κ2) is 5.19. The first kappa shape index (κ1) is 11.9. The molecule has 2 nitrogen and oxygen atoms in total. The Bertz CT molecular complexity index is 396. The number of rotatable bonds is 2. The van der Waals surface area contributed by atoms with Crippen molar-refractivity contribution >= 4 is 33.4 Å². The lowest BCUT2D eigenvalue weighted by atomic mass is 10.1. The highest BCUT2D eigenvalue weighted by molar-refractivity contribution is 9.10. The summed E-state index contributed by atoms with van der Waals surface area (Å²) in [7, 11) is 0. The Morgan fingerprint density at radius 2 is 2.38 bits per heavy atom. The fourth-order valence-electron chi connectivity index (χ4n) is 1.95. The second-order valence-electron chi connectivity index (χ2n) is 4.07. The van der Waals surface area contributed by atoms with Gasteiger partial charge in [0.1, 0.15) is 0 Å². The maximum atomic E-state index is 12.1. The molecule has 1 amide bonds. The number of nitrogens with zero attached hydrogens (tertiary/aromatic N) is 1. The normalized spacial score (nSPS) is 20.1. The van der Waals surface area contributed by atoms with Crippen LogP contribution in [-0.4, -0.2) is 29.8 Å². The summed E-state index contributed by atoms with van der Waals surface area (Å²) < 4.78 is 0.937. The van der Waals surface area contributed by atoms with Crippen molar-refractivity contribution in [2.24, 2.45) is 5.92 Å². The summed E-state index contributed by atoms with van der Waals surface area (Å²) in [4.78, 5) is 14.0. The number of likely N-dealkylation sites (tertiary alicyclic amines) is 1. The van der Waals surface area contributed by atoms with Crippen LogP contribution >= 0.6 is 27.5 Å². The Kier molecular flexibility index (Phi) is 3.87. The van der Waals surface area contributed by atoms with Gasteiger partial charge in [0.25, 0.3) is 5.91 Å². The van der Waals surface area contributed by atoms with Crippen LogP contribution < -0.4 is 0 Å². The smallest absolute Gasteiger partial charge is 0.253 e. The summed E-state index contributed by atoms with van der Waals surface area (Å²) >= 11 is 9.18. The molecule has 0 aromatic heterocycles. The Hall–Kier alpha value is -0.540. The number of hydrogen-bond acceptors (Lipinski definition) is 1. The molecule has 1 saturated heterocycles. The zero-order valence-corrected chi connectivity index (χ0v) is 11.2. The maximum absolute atomic E-state index is 12.1. The van der Waals surface area contributed by atoms with E-state index in [-0.39, 0.29) is 5.91 Å². The molecule has 0 saturated carbocycles. The number of halogens is 2. The van der Waals surface area contributed by atoms with Crippen molar-refractivity contribution in [3.63, 3.8) is 0 Å². The van der Waals surface area contributed by atoms with E-state index in [4.69, 9.17) is 11.6 Å². The summed E-state index contributed by atoms with van der Waals surface area (Å²) in [6.45, 7) is 1.61. The summed E-state index contributed by atoms with van der Waals surface area (Å²) in [5.41, 5.74) is 0.740. The minimum Gasteiger partial charge on any atom is -0.338 e. The van der Waals surface area contributed by atoms with Gasteiger partial charge in [-0.05, 0) is 30.5 Å². The average Bonchev–Trinajstić information content (AvgIpc) is 2.76. The molecule has 0 aliphatic carbocycles. The number of alkyl halides is 1. The average molecular weight is 303 g/mol. The van der Waals surface area contributed by atoms with Crippen LogP contribution in [0.1, 0.15) is 16.8 Å². The SMILES string of the molecule is O=C(c1cccc(Br)c1)N1CCC(CCl)C1. The van der Waals surface area contributed by atoms with Gasteiger partial charge in [0.15, 0.2) is 0 Å². The molecular formula is C12H13BrClNO. The Balaban J connectivity index is 2.08. The van der Waals surface area contributed by atoms with Crippen molar-refractivity contribution < 1.29 is 4.79 Å². The van der Waals surface area contributed by atoms with Gasteiger partial charge in [-0.3, -0.25) is 4.79 Å². The van der Waals surface area contributed by atoms with Crippen LogP contribution in [0.15, 0.2) is 28.7 Å². The van der Waals surface area contributed by atoms with Gasteiger partial charge in [-0.15, -0.1) is 11.6 Å². The van der Waals surface area contributed by atoms with E-state index in [2.05, 4.69) is 15.9 Å². The van der Waals surface area contributed by atoms with Crippen molar-refractivity contribution in [3.8, 4) is 0 Å². The lowest BCUT2D eigenvalue weighted by Gasteiger charge is -2.16. The molecule has 16 heavy (non-hydrogen) atoms. The largest absolute Gasteiger partial charge is 0.338 e.